The number of halogens is 1. The van der Waals surface area contributed by atoms with Crippen molar-refractivity contribution in [2.45, 2.75) is 6.92 Å². The van der Waals surface area contributed by atoms with Gasteiger partial charge >= 0.3 is 5.97 Å². The second-order valence-electron chi connectivity index (χ2n) is 5.30. The molecule has 1 N–H and O–H groups in total. The number of aliphatic imine (C=N–C) groups is 1. The zero-order valence-corrected chi connectivity index (χ0v) is 13.5. The highest BCUT2D eigenvalue weighted by Crippen LogP contribution is 2.26. The third-order valence-electron chi connectivity index (χ3n) is 3.97. The molecule has 0 atom stereocenters. The number of benzene rings is 2. The van der Waals surface area contributed by atoms with Gasteiger partial charge in [-0.2, -0.15) is 0 Å². The number of aromatic nitrogens is 1. The van der Waals surface area contributed by atoms with Gasteiger partial charge in [-0.15, -0.1) is 0 Å². The molecular formula is C18H15ClN2O2. The smallest absolute Gasteiger partial charge is 0.337 e. The molecule has 0 aliphatic rings. The van der Waals surface area contributed by atoms with Crippen molar-refractivity contribution in [3.05, 3.63) is 64.3 Å². The van der Waals surface area contributed by atoms with E-state index in [1.165, 1.54) is 6.07 Å². The molecule has 0 aliphatic heterocycles. The number of fused-ring (bicyclic) bond motifs is 1. The molecule has 0 unspecified atom stereocenters. The molecule has 23 heavy (non-hydrogen) atoms. The van der Waals surface area contributed by atoms with Crippen molar-refractivity contribution in [1.82, 2.24) is 4.57 Å². The Morgan fingerprint density at radius 1 is 1.26 bits per heavy atom. The molecule has 0 radical (unpaired) electrons. The molecule has 3 aromatic rings. The summed E-state index contributed by atoms with van der Waals surface area (Å²) in [4.78, 5) is 15.4. The summed E-state index contributed by atoms with van der Waals surface area (Å²) in [6, 6.07) is 12.8. The van der Waals surface area contributed by atoms with Crippen LogP contribution < -0.4 is 0 Å². The molecule has 0 saturated carbocycles. The van der Waals surface area contributed by atoms with Crippen LogP contribution in [0.2, 0.25) is 5.02 Å². The van der Waals surface area contributed by atoms with E-state index in [4.69, 9.17) is 16.7 Å². The highest BCUT2D eigenvalue weighted by atomic mass is 35.5. The van der Waals surface area contributed by atoms with E-state index < -0.39 is 5.97 Å². The molecule has 0 bridgehead atoms. The number of hydrogen-bond donors (Lipinski definition) is 1. The summed E-state index contributed by atoms with van der Waals surface area (Å²) < 4.78 is 2.12. The molecular weight excluding hydrogens is 312 g/mol. The maximum Gasteiger partial charge on any atom is 0.337 e. The first-order chi connectivity index (χ1) is 11.0. The van der Waals surface area contributed by atoms with Crippen molar-refractivity contribution in [3.63, 3.8) is 0 Å². The first kappa shape index (κ1) is 15.3. The van der Waals surface area contributed by atoms with E-state index >= 15 is 0 Å². The van der Waals surface area contributed by atoms with E-state index in [1.807, 2.05) is 26.1 Å². The highest BCUT2D eigenvalue weighted by Gasteiger charge is 2.10. The van der Waals surface area contributed by atoms with E-state index in [-0.39, 0.29) is 10.6 Å². The lowest BCUT2D eigenvalue weighted by molar-refractivity contribution is 0.0697. The Labute approximate surface area is 138 Å². The van der Waals surface area contributed by atoms with E-state index in [1.54, 1.807) is 18.3 Å². The fourth-order valence-electron chi connectivity index (χ4n) is 2.61. The third-order valence-corrected chi connectivity index (χ3v) is 4.29. The lowest BCUT2D eigenvalue weighted by atomic mass is 10.1. The summed E-state index contributed by atoms with van der Waals surface area (Å²) in [5.41, 5.74) is 4.00. The molecule has 1 heterocycles. The number of aryl methyl sites for hydroxylation is 1. The van der Waals surface area contributed by atoms with Crippen LogP contribution >= 0.6 is 11.6 Å². The zero-order valence-electron chi connectivity index (χ0n) is 12.7. The molecule has 4 nitrogen and oxygen atoms in total. The van der Waals surface area contributed by atoms with Crippen LogP contribution in [0.1, 0.15) is 21.6 Å². The average molecular weight is 327 g/mol. The van der Waals surface area contributed by atoms with Crippen molar-refractivity contribution in [1.29, 1.82) is 0 Å². The number of rotatable bonds is 3. The normalized spacial score (nSPS) is 11.4. The van der Waals surface area contributed by atoms with Crippen LogP contribution in [-0.2, 0) is 7.05 Å². The van der Waals surface area contributed by atoms with Crippen LogP contribution in [0.25, 0.3) is 10.9 Å². The van der Waals surface area contributed by atoms with E-state index in [0.717, 1.165) is 22.2 Å². The van der Waals surface area contributed by atoms with Gasteiger partial charge in [0.15, 0.2) is 0 Å². The molecule has 2 aromatic carbocycles. The van der Waals surface area contributed by atoms with Crippen LogP contribution in [0.3, 0.4) is 0 Å². The fourth-order valence-corrected chi connectivity index (χ4v) is 2.87. The SMILES string of the molecule is Cc1c(C=Nc2ccc(C(=O)O)c(Cl)c2)c2ccccc2n1C. The molecule has 3 rings (SSSR count). The molecule has 0 fully saturated rings. The average Bonchev–Trinajstić information content (AvgIpc) is 2.77. The van der Waals surface area contributed by atoms with Crippen molar-refractivity contribution in [2.75, 3.05) is 0 Å². The monoisotopic (exact) mass is 326 g/mol. The molecule has 0 aliphatic carbocycles. The maximum atomic E-state index is 11.0. The number of aromatic carboxylic acids is 1. The molecule has 0 saturated heterocycles. The molecule has 0 spiro atoms. The number of nitrogens with zero attached hydrogens (tertiary/aromatic N) is 2. The zero-order chi connectivity index (χ0) is 16.6. The Kier molecular flexibility index (Phi) is 3.92. The van der Waals surface area contributed by atoms with Crippen molar-refractivity contribution in [2.24, 2.45) is 12.0 Å². The Hall–Kier alpha value is -2.59. The summed E-state index contributed by atoms with van der Waals surface area (Å²) in [6.07, 6.45) is 1.80. The standard InChI is InChI=1S/C18H15ClN2O2/c1-11-15(13-5-3-4-6-17(13)21(11)2)10-20-12-7-8-14(18(22)23)16(19)9-12/h3-10H,1-2H3,(H,22,23). The third kappa shape index (κ3) is 2.73. The Morgan fingerprint density at radius 2 is 2.00 bits per heavy atom. The van der Waals surface area contributed by atoms with Gasteiger partial charge in [0, 0.05) is 35.4 Å². The molecule has 5 heteroatoms. The first-order valence-corrected chi connectivity index (χ1v) is 7.47. The number of carbonyl (C=O) groups is 1. The van der Waals surface area contributed by atoms with E-state index in [2.05, 4.69) is 21.7 Å². The second kappa shape index (κ2) is 5.89. The summed E-state index contributed by atoms with van der Waals surface area (Å²) in [7, 11) is 2.02. The number of carboxylic acid groups (broad SMARTS) is 1. The van der Waals surface area contributed by atoms with Gasteiger partial charge in [-0.05, 0) is 31.2 Å². The van der Waals surface area contributed by atoms with Gasteiger partial charge in [-0.25, -0.2) is 4.79 Å². The van der Waals surface area contributed by atoms with Gasteiger partial charge in [-0.1, -0.05) is 29.8 Å². The van der Waals surface area contributed by atoms with Gasteiger partial charge in [0.25, 0.3) is 0 Å². The Balaban J connectivity index is 2.03. The van der Waals surface area contributed by atoms with E-state index in [9.17, 15) is 4.79 Å². The van der Waals surface area contributed by atoms with Crippen LogP contribution in [0, 0.1) is 6.92 Å². The lowest BCUT2D eigenvalue weighted by Crippen LogP contribution is -1.96. The van der Waals surface area contributed by atoms with Crippen LogP contribution in [-0.4, -0.2) is 21.9 Å². The summed E-state index contributed by atoms with van der Waals surface area (Å²) >= 11 is 5.98. The largest absolute Gasteiger partial charge is 0.478 e. The number of hydrogen-bond acceptors (Lipinski definition) is 2. The minimum absolute atomic E-state index is 0.0759. The van der Waals surface area contributed by atoms with Crippen molar-refractivity contribution >= 4 is 40.4 Å². The Bertz CT molecular complexity index is 942. The van der Waals surface area contributed by atoms with Gasteiger partial charge in [0.1, 0.15) is 0 Å². The summed E-state index contributed by atoms with van der Waals surface area (Å²) in [5.74, 6) is -1.05. The van der Waals surface area contributed by atoms with Crippen LogP contribution in [0.4, 0.5) is 5.69 Å². The predicted molar refractivity (Wildman–Crippen MR) is 93.3 cm³/mol. The quantitative estimate of drug-likeness (QED) is 0.716. The summed E-state index contributed by atoms with van der Waals surface area (Å²) in [5, 5.41) is 10.3. The van der Waals surface area contributed by atoms with Crippen molar-refractivity contribution < 1.29 is 9.90 Å². The van der Waals surface area contributed by atoms with Crippen molar-refractivity contribution in [3.8, 4) is 0 Å². The fraction of sp³-hybridized carbons (Fsp3) is 0.111. The summed E-state index contributed by atoms with van der Waals surface area (Å²) in [6.45, 7) is 2.04. The topological polar surface area (TPSA) is 54.6 Å². The van der Waals surface area contributed by atoms with Gasteiger partial charge < -0.3 is 9.67 Å². The first-order valence-electron chi connectivity index (χ1n) is 7.10. The minimum Gasteiger partial charge on any atom is -0.478 e. The maximum absolute atomic E-state index is 11.0. The highest BCUT2D eigenvalue weighted by molar-refractivity contribution is 6.33. The molecule has 0 amide bonds. The molecule has 116 valence electrons. The van der Waals surface area contributed by atoms with Crippen LogP contribution in [0.5, 0.6) is 0 Å². The van der Waals surface area contributed by atoms with Crippen LogP contribution in [0.15, 0.2) is 47.5 Å². The number of carboxylic acids is 1. The van der Waals surface area contributed by atoms with E-state index in [0.29, 0.717) is 5.69 Å². The van der Waals surface area contributed by atoms with Gasteiger partial charge in [-0.3, -0.25) is 4.99 Å². The van der Waals surface area contributed by atoms with Gasteiger partial charge in [0.2, 0.25) is 0 Å². The molecule has 1 aromatic heterocycles. The minimum atomic E-state index is -1.05. The lowest BCUT2D eigenvalue weighted by Gasteiger charge is -2.00. The number of para-hydroxylation sites is 1. The predicted octanol–water partition coefficient (Wildman–Crippen LogP) is 4.59. The second-order valence-corrected chi connectivity index (χ2v) is 5.71. The van der Waals surface area contributed by atoms with Gasteiger partial charge in [0.05, 0.1) is 16.3 Å². The Morgan fingerprint density at radius 3 is 2.70 bits per heavy atom.